The number of hydrogen-bond donors (Lipinski definition) is 1. The number of primary amides is 1. The fraction of sp³-hybridized carbons (Fsp3) is 0.417. The Morgan fingerprint density at radius 1 is 1.03 bits per heavy atom. The van der Waals surface area contributed by atoms with Crippen molar-refractivity contribution < 1.29 is 9.59 Å². The Balaban J connectivity index is 1.70. The summed E-state index contributed by atoms with van der Waals surface area (Å²) >= 11 is 0. The SMILES string of the molecule is CC(C)c1ccc(CN(CC(=O)N(CCC(N)=O)c2ccccc2)C2CC2)cc1. The lowest BCUT2D eigenvalue weighted by Gasteiger charge is -2.27. The van der Waals surface area contributed by atoms with Crippen LogP contribution in [0.25, 0.3) is 0 Å². The maximum atomic E-state index is 13.2. The second-order valence-electron chi connectivity index (χ2n) is 8.13. The predicted octanol–water partition coefficient (Wildman–Crippen LogP) is 3.68. The molecule has 5 heteroatoms. The maximum Gasteiger partial charge on any atom is 0.241 e. The summed E-state index contributed by atoms with van der Waals surface area (Å²) in [5, 5.41) is 0. The molecule has 3 rings (SSSR count). The number of nitrogens with two attached hydrogens (primary N) is 1. The van der Waals surface area contributed by atoms with Gasteiger partial charge in [-0.1, -0.05) is 56.3 Å². The topological polar surface area (TPSA) is 66.6 Å². The van der Waals surface area contributed by atoms with Gasteiger partial charge in [0.1, 0.15) is 0 Å². The van der Waals surface area contributed by atoms with Crippen molar-refractivity contribution in [2.45, 2.75) is 51.6 Å². The summed E-state index contributed by atoms with van der Waals surface area (Å²) in [6.45, 7) is 5.78. The highest BCUT2D eigenvalue weighted by Crippen LogP contribution is 2.29. The van der Waals surface area contributed by atoms with Gasteiger partial charge >= 0.3 is 0 Å². The van der Waals surface area contributed by atoms with E-state index in [0.717, 1.165) is 25.1 Å². The zero-order chi connectivity index (χ0) is 20.8. The fourth-order valence-corrected chi connectivity index (χ4v) is 3.48. The first-order valence-corrected chi connectivity index (χ1v) is 10.4. The third-order valence-electron chi connectivity index (χ3n) is 5.38. The van der Waals surface area contributed by atoms with Gasteiger partial charge in [0.15, 0.2) is 0 Å². The number of anilines is 1. The number of carbonyl (C=O) groups is 2. The second-order valence-corrected chi connectivity index (χ2v) is 8.13. The van der Waals surface area contributed by atoms with E-state index in [4.69, 9.17) is 5.73 Å². The van der Waals surface area contributed by atoms with Gasteiger partial charge < -0.3 is 10.6 Å². The molecule has 154 valence electrons. The molecule has 0 heterocycles. The predicted molar refractivity (Wildman–Crippen MR) is 117 cm³/mol. The lowest BCUT2D eigenvalue weighted by atomic mass is 10.0. The standard InChI is InChI=1S/C24H31N3O2/c1-18(2)20-10-8-19(9-11-20)16-26(21-12-13-21)17-24(29)27(15-14-23(25)28)22-6-4-3-5-7-22/h3-11,18,21H,12-17H2,1-2H3,(H2,25,28). The van der Waals surface area contributed by atoms with Gasteiger partial charge in [0, 0.05) is 31.2 Å². The monoisotopic (exact) mass is 393 g/mol. The minimum absolute atomic E-state index is 0.00292. The highest BCUT2D eigenvalue weighted by molar-refractivity contribution is 5.95. The highest BCUT2D eigenvalue weighted by Gasteiger charge is 2.31. The number of nitrogens with zero attached hydrogens (tertiary/aromatic N) is 2. The van der Waals surface area contributed by atoms with E-state index in [0.29, 0.717) is 25.0 Å². The number of benzene rings is 2. The summed E-state index contributed by atoms with van der Waals surface area (Å²) < 4.78 is 0. The van der Waals surface area contributed by atoms with Gasteiger partial charge in [-0.25, -0.2) is 0 Å². The molecule has 0 aliphatic heterocycles. The van der Waals surface area contributed by atoms with Crippen LogP contribution in [-0.4, -0.2) is 35.8 Å². The van der Waals surface area contributed by atoms with Crippen LogP contribution in [0.2, 0.25) is 0 Å². The summed E-state index contributed by atoms with van der Waals surface area (Å²) in [6, 6.07) is 18.6. The Morgan fingerprint density at radius 3 is 2.24 bits per heavy atom. The Morgan fingerprint density at radius 2 is 1.69 bits per heavy atom. The van der Waals surface area contributed by atoms with E-state index >= 15 is 0 Å². The average molecular weight is 394 g/mol. The minimum atomic E-state index is -0.400. The second kappa shape index (κ2) is 9.70. The molecule has 2 aromatic rings. The molecule has 0 unspecified atom stereocenters. The lowest BCUT2D eigenvalue weighted by Crippen LogP contribution is -2.42. The number of amides is 2. The molecule has 1 aliphatic rings. The zero-order valence-corrected chi connectivity index (χ0v) is 17.4. The summed E-state index contributed by atoms with van der Waals surface area (Å²) in [7, 11) is 0. The van der Waals surface area contributed by atoms with Crippen LogP contribution in [0.4, 0.5) is 5.69 Å². The van der Waals surface area contributed by atoms with E-state index in [1.165, 1.54) is 11.1 Å². The maximum absolute atomic E-state index is 13.2. The Labute approximate surface area is 173 Å². The van der Waals surface area contributed by atoms with Crippen molar-refractivity contribution in [3.05, 3.63) is 65.7 Å². The van der Waals surface area contributed by atoms with Crippen LogP contribution in [0.3, 0.4) is 0 Å². The molecule has 0 radical (unpaired) electrons. The normalized spacial score (nSPS) is 13.7. The van der Waals surface area contributed by atoms with Gasteiger partial charge in [0.2, 0.25) is 11.8 Å². The number of hydrogen-bond acceptors (Lipinski definition) is 3. The van der Waals surface area contributed by atoms with Crippen molar-refractivity contribution in [3.63, 3.8) is 0 Å². The number of rotatable bonds is 10. The van der Waals surface area contributed by atoms with Crippen molar-refractivity contribution in [1.29, 1.82) is 0 Å². The molecule has 0 atom stereocenters. The highest BCUT2D eigenvalue weighted by atomic mass is 16.2. The molecule has 0 aromatic heterocycles. The molecule has 1 saturated carbocycles. The molecule has 0 spiro atoms. The van der Waals surface area contributed by atoms with Crippen LogP contribution >= 0.6 is 0 Å². The Kier molecular flexibility index (Phi) is 7.04. The zero-order valence-electron chi connectivity index (χ0n) is 17.4. The lowest BCUT2D eigenvalue weighted by molar-refractivity contribution is -0.120. The molecule has 0 saturated heterocycles. The van der Waals surface area contributed by atoms with E-state index in [2.05, 4.69) is 43.0 Å². The van der Waals surface area contributed by atoms with Gasteiger partial charge in [0.05, 0.1) is 6.54 Å². The van der Waals surface area contributed by atoms with E-state index < -0.39 is 5.91 Å². The molecule has 2 aromatic carbocycles. The van der Waals surface area contributed by atoms with E-state index in [1.54, 1.807) is 4.90 Å². The molecule has 1 fully saturated rings. The first kappa shape index (κ1) is 21.1. The van der Waals surface area contributed by atoms with Gasteiger partial charge in [-0.05, 0) is 42.0 Å². The summed E-state index contributed by atoms with van der Waals surface area (Å²) in [5.41, 5.74) is 8.67. The third-order valence-corrected chi connectivity index (χ3v) is 5.38. The van der Waals surface area contributed by atoms with Crippen LogP contribution in [0.5, 0.6) is 0 Å². The van der Waals surface area contributed by atoms with Crippen molar-refractivity contribution >= 4 is 17.5 Å². The molecular weight excluding hydrogens is 362 g/mol. The molecule has 1 aliphatic carbocycles. The quantitative estimate of drug-likeness (QED) is 0.669. The van der Waals surface area contributed by atoms with Gasteiger partial charge in [-0.2, -0.15) is 0 Å². The van der Waals surface area contributed by atoms with Crippen LogP contribution < -0.4 is 10.6 Å². The van der Waals surface area contributed by atoms with E-state index in [-0.39, 0.29) is 12.3 Å². The third kappa shape index (κ3) is 6.16. The molecule has 2 N–H and O–H groups in total. The molecule has 0 bridgehead atoms. The van der Waals surface area contributed by atoms with Gasteiger partial charge in [0.25, 0.3) is 0 Å². The van der Waals surface area contributed by atoms with Crippen molar-refractivity contribution in [1.82, 2.24) is 4.90 Å². The first-order valence-electron chi connectivity index (χ1n) is 10.4. The van der Waals surface area contributed by atoms with Crippen LogP contribution in [-0.2, 0) is 16.1 Å². The van der Waals surface area contributed by atoms with Crippen LogP contribution in [0.1, 0.15) is 50.2 Å². The summed E-state index contributed by atoms with van der Waals surface area (Å²) in [6.07, 6.45) is 2.41. The van der Waals surface area contributed by atoms with Crippen molar-refractivity contribution in [2.24, 2.45) is 5.73 Å². The molecule has 2 amide bonds. The Bertz CT molecular complexity index is 814. The van der Waals surface area contributed by atoms with Crippen LogP contribution in [0.15, 0.2) is 54.6 Å². The summed E-state index contributed by atoms with van der Waals surface area (Å²) in [4.78, 5) is 28.4. The Hall–Kier alpha value is -2.66. The molecule has 5 nitrogen and oxygen atoms in total. The minimum Gasteiger partial charge on any atom is -0.370 e. The largest absolute Gasteiger partial charge is 0.370 e. The van der Waals surface area contributed by atoms with E-state index in [1.807, 2.05) is 30.3 Å². The van der Waals surface area contributed by atoms with Gasteiger partial charge in [-0.15, -0.1) is 0 Å². The average Bonchev–Trinajstić information content (AvgIpc) is 3.54. The van der Waals surface area contributed by atoms with Crippen LogP contribution in [0, 0.1) is 0 Å². The fourth-order valence-electron chi connectivity index (χ4n) is 3.48. The molecule has 29 heavy (non-hydrogen) atoms. The van der Waals surface area contributed by atoms with E-state index in [9.17, 15) is 9.59 Å². The van der Waals surface area contributed by atoms with Crippen molar-refractivity contribution in [3.8, 4) is 0 Å². The summed E-state index contributed by atoms with van der Waals surface area (Å²) in [5.74, 6) is 0.112. The smallest absolute Gasteiger partial charge is 0.241 e. The number of carbonyl (C=O) groups excluding carboxylic acids is 2. The molecular formula is C24H31N3O2. The first-order chi connectivity index (χ1) is 13.9. The van der Waals surface area contributed by atoms with Gasteiger partial charge in [-0.3, -0.25) is 14.5 Å². The number of para-hydroxylation sites is 1. The van der Waals surface area contributed by atoms with Crippen molar-refractivity contribution in [2.75, 3.05) is 18.0 Å².